The van der Waals surface area contributed by atoms with Gasteiger partial charge in [0.05, 0.1) is 12.0 Å². The second-order valence-corrected chi connectivity index (χ2v) is 3.65. The normalized spacial score (nSPS) is 11.8. The van der Waals surface area contributed by atoms with E-state index in [0.29, 0.717) is 13.0 Å². The van der Waals surface area contributed by atoms with Crippen molar-refractivity contribution in [2.75, 3.05) is 6.54 Å². The highest BCUT2D eigenvalue weighted by molar-refractivity contribution is 5.67. The Morgan fingerprint density at radius 1 is 1.76 bits per heavy atom. The van der Waals surface area contributed by atoms with Crippen LogP contribution in [0.15, 0.2) is 25.2 Å². The van der Waals surface area contributed by atoms with Crippen LogP contribution in [0.2, 0.25) is 0 Å². The molecule has 1 atom stereocenters. The Hall–Kier alpha value is -1.78. The Morgan fingerprint density at radius 3 is 3.18 bits per heavy atom. The quantitative estimate of drug-likeness (QED) is 0.565. The average Bonchev–Trinajstić information content (AvgIpc) is 2.85. The number of hydrogen-bond acceptors (Lipinski definition) is 3. The number of alkyl carbamates (subject to hydrolysis) is 1. The van der Waals surface area contributed by atoms with E-state index in [4.69, 9.17) is 4.74 Å². The first-order valence-electron chi connectivity index (χ1n) is 5.82. The molecule has 0 radical (unpaired) electrons. The Labute approximate surface area is 101 Å². The predicted molar refractivity (Wildman–Crippen MR) is 65.5 cm³/mol. The number of nitrogens with zero attached hydrogens (tertiary/aromatic N) is 1. The third kappa shape index (κ3) is 4.72. The van der Waals surface area contributed by atoms with Gasteiger partial charge in [0.2, 0.25) is 0 Å². The highest BCUT2D eigenvalue weighted by atomic mass is 16.6. The van der Waals surface area contributed by atoms with E-state index in [-0.39, 0.29) is 6.10 Å². The Kier molecular flexibility index (Phi) is 5.85. The molecular weight excluding hydrogens is 218 g/mol. The highest BCUT2D eigenvalue weighted by Gasteiger charge is 2.15. The Morgan fingerprint density at radius 2 is 2.59 bits per heavy atom. The van der Waals surface area contributed by atoms with Crippen LogP contribution in [0.4, 0.5) is 4.79 Å². The van der Waals surface area contributed by atoms with Crippen LogP contribution in [-0.2, 0) is 4.74 Å². The summed E-state index contributed by atoms with van der Waals surface area (Å²) in [7, 11) is 0. The summed E-state index contributed by atoms with van der Waals surface area (Å²) in [5.74, 6) is 0. The summed E-state index contributed by atoms with van der Waals surface area (Å²) in [6.45, 7) is 6.16. The van der Waals surface area contributed by atoms with E-state index in [9.17, 15) is 4.79 Å². The van der Waals surface area contributed by atoms with Gasteiger partial charge in [-0.15, -0.1) is 6.58 Å². The van der Waals surface area contributed by atoms with Gasteiger partial charge >= 0.3 is 6.09 Å². The second-order valence-electron chi connectivity index (χ2n) is 3.65. The number of carbonyl (C=O) groups excluding carboxylic acids is 1. The molecule has 1 unspecified atom stereocenters. The highest BCUT2D eigenvalue weighted by Crippen LogP contribution is 2.17. The number of H-pyrrole nitrogens is 1. The Bertz CT molecular complexity index is 336. The Balaban J connectivity index is 2.31. The lowest BCUT2D eigenvalue weighted by atomic mass is 10.2. The standard InChI is InChI=1S/C12H19N3O2/c1-3-5-6-7-14-12(16)17-11(4-2)10-8-13-9-15-10/h3,8-9,11H,1,4-7H2,2H3,(H,13,15)(H,14,16). The maximum absolute atomic E-state index is 11.5. The van der Waals surface area contributed by atoms with E-state index < -0.39 is 6.09 Å². The minimum Gasteiger partial charge on any atom is -0.440 e. The number of allylic oxidation sites excluding steroid dienone is 1. The molecule has 0 fully saturated rings. The first-order chi connectivity index (χ1) is 8.27. The van der Waals surface area contributed by atoms with Crippen molar-refractivity contribution in [1.29, 1.82) is 0 Å². The molecule has 1 aromatic rings. The zero-order chi connectivity index (χ0) is 12.5. The zero-order valence-corrected chi connectivity index (χ0v) is 10.1. The molecule has 2 N–H and O–H groups in total. The van der Waals surface area contributed by atoms with Crippen LogP contribution in [0, 0.1) is 0 Å². The number of ether oxygens (including phenoxy) is 1. The minimum absolute atomic E-state index is 0.291. The van der Waals surface area contributed by atoms with Crippen molar-refractivity contribution < 1.29 is 9.53 Å². The fraction of sp³-hybridized carbons (Fsp3) is 0.500. The van der Waals surface area contributed by atoms with Gasteiger partial charge in [-0.05, 0) is 19.3 Å². The van der Waals surface area contributed by atoms with E-state index in [0.717, 1.165) is 18.5 Å². The van der Waals surface area contributed by atoms with E-state index in [1.807, 2.05) is 13.0 Å². The molecule has 1 rings (SSSR count). The van der Waals surface area contributed by atoms with Crippen LogP contribution < -0.4 is 5.32 Å². The number of imidazole rings is 1. The maximum atomic E-state index is 11.5. The maximum Gasteiger partial charge on any atom is 0.407 e. The van der Waals surface area contributed by atoms with Crippen molar-refractivity contribution in [2.24, 2.45) is 0 Å². The third-order valence-electron chi connectivity index (χ3n) is 2.32. The number of aromatic amines is 1. The largest absolute Gasteiger partial charge is 0.440 e. The van der Waals surface area contributed by atoms with Gasteiger partial charge < -0.3 is 15.0 Å². The van der Waals surface area contributed by atoms with Crippen molar-refractivity contribution in [3.05, 3.63) is 30.9 Å². The van der Waals surface area contributed by atoms with Gasteiger partial charge in [0.25, 0.3) is 0 Å². The summed E-state index contributed by atoms with van der Waals surface area (Å²) in [6.07, 6.45) is 6.90. The number of amides is 1. The molecule has 1 heterocycles. The molecule has 5 heteroatoms. The summed E-state index contributed by atoms with van der Waals surface area (Å²) in [5.41, 5.74) is 0.744. The number of hydrogen-bond donors (Lipinski definition) is 2. The molecule has 0 aromatic carbocycles. The van der Waals surface area contributed by atoms with Crippen molar-refractivity contribution in [3.8, 4) is 0 Å². The molecule has 17 heavy (non-hydrogen) atoms. The third-order valence-corrected chi connectivity index (χ3v) is 2.32. The van der Waals surface area contributed by atoms with E-state index in [2.05, 4.69) is 21.9 Å². The summed E-state index contributed by atoms with van der Waals surface area (Å²) in [4.78, 5) is 18.4. The SMILES string of the molecule is C=CCCCNC(=O)OC(CC)c1c[nH]cn1. The van der Waals surface area contributed by atoms with Crippen LogP contribution in [-0.4, -0.2) is 22.6 Å². The average molecular weight is 237 g/mol. The molecule has 0 saturated carbocycles. The van der Waals surface area contributed by atoms with Gasteiger partial charge in [0, 0.05) is 12.7 Å². The van der Waals surface area contributed by atoms with Crippen LogP contribution in [0.25, 0.3) is 0 Å². The van der Waals surface area contributed by atoms with Gasteiger partial charge in [0.15, 0.2) is 0 Å². The van der Waals surface area contributed by atoms with Gasteiger partial charge in [0.1, 0.15) is 6.10 Å². The number of rotatable bonds is 7. The van der Waals surface area contributed by atoms with Gasteiger partial charge in [-0.1, -0.05) is 13.0 Å². The number of aromatic nitrogens is 2. The predicted octanol–water partition coefficient (Wildman–Crippen LogP) is 2.55. The van der Waals surface area contributed by atoms with E-state index in [1.54, 1.807) is 12.5 Å². The zero-order valence-electron chi connectivity index (χ0n) is 10.1. The second kappa shape index (κ2) is 7.49. The lowest BCUT2D eigenvalue weighted by Crippen LogP contribution is -2.26. The summed E-state index contributed by atoms with van der Waals surface area (Å²) in [5, 5.41) is 2.70. The van der Waals surface area contributed by atoms with E-state index >= 15 is 0 Å². The molecule has 1 aromatic heterocycles. The molecule has 0 bridgehead atoms. The first-order valence-corrected chi connectivity index (χ1v) is 5.82. The molecule has 1 amide bonds. The van der Waals surface area contributed by atoms with Crippen LogP contribution in [0.1, 0.15) is 38.0 Å². The van der Waals surface area contributed by atoms with Gasteiger partial charge in [-0.2, -0.15) is 0 Å². The van der Waals surface area contributed by atoms with Gasteiger partial charge in [-0.25, -0.2) is 9.78 Å². The van der Waals surface area contributed by atoms with Crippen molar-refractivity contribution >= 4 is 6.09 Å². The van der Waals surface area contributed by atoms with Crippen molar-refractivity contribution in [1.82, 2.24) is 15.3 Å². The van der Waals surface area contributed by atoms with Crippen LogP contribution >= 0.6 is 0 Å². The smallest absolute Gasteiger partial charge is 0.407 e. The van der Waals surface area contributed by atoms with Gasteiger partial charge in [-0.3, -0.25) is 0 Å². The topological polar surface area (TPSA) is 67.0 Å². The lowest BCUT2D eigenvalue weighted by molar-refractivity contribution is 0.0931. The monoisotopic (exact) mass is 237 g/mol. The number of nitrogens with one attached hydrogen (secondary N) is 2. The number of unbranched alkanes of at least 4 members (excludes halogenated alkanes) is 1. The van der Waals surface area contributed by atoms with Crippen molar-refractivity contribution in [2.45, 2.75) is 32.3 Å². The first kappa shape index (κ1) is 13.3. The molecule has 0 saturated heterocycles. The molecule has 0 aliphatic carbocycles. The summed E-state index contributed by atoms with van der Waals surface area (Å²) in [6, 6.07) is 0. The summed E-state index contributed by atoms with van der Waals surface area (Å²) >= 11 is 0. The molecule has 0 aliphatic heterocycles. The lowest BCUT2D eigenvalue weighted by Gasteiger charge is -2.14. The van der Waals surface area contributed by atoms with Crippen molar-refractivity contribution in [3.63, 3.8) is 0 Å². The van der Waals surface area contributed by atoms with Crippen LogP contribution in [0.5, 0.6) is 0 Å². The fourth-order valence-corrected chi connectivity index (χ4v) is 1.41. The summed E-state index contributed by atoms with van der Waals surface area (Å²) < 4.78 is 5.27. The molecule has 0 spiro atoms. The van der Waals surface area contributed by atoms with Crippen LogP contribution in [0.3, 0.4) is 0 Å². The minimum atomic E-state index is -0.399. The molecule has 94 valence electrons. The van der Waals surface area contributed by atoms with E-state index in [1.165, 1.54) is 0 Å². The molecule has 5 nitrogen and oxygen atoms in total. The number of carbonyl (C=O) groups is 1. The molecular formula is C12H19N3O2. The fourth-order valence-electron chi connectivity index (χ4n) is 1.41. The molecule has 0 aliphatic rings.